The summed E-state index contributed by atoms with van der Waals surface area (Å²) in [6, 6.07) is 8.04. The van der Waals surface area contributed by atoms with Crippen LogP contribution in [0, 0.1) is 13.8 Å². The van der Waals surface area contributed by atoms with Gasteiger partial charge >= 0.3 is 0 Å². The number of carbonyl (C=O) groups excluding carboxylic acids is 1. The van der Waals surface area contributed by atoms with Gasteiger partial charge in [0.2, 0.25) is 0 Å². The Hall–Kier alpha value is -1.13. The van der Waals surface area contributed by atoms with Crippen LogP contribution in [0.5, 0.6) is 0 Å². The van der Waals surface area contributed by atoms with Gasteiger partial charge in [-0.2, -0.15) is 0 Å². The lowest BCUT2D eigenvalue weighted by molar-refractivity contribution is 0.0784. The minimum Gasteiger partial charge on any atom is -0.337 e. The van der Waals surface area contributed by atoms with Gasteiger partial charge in [0.1, 0.15) is 0 Å². The van der Waals surface area contributed by atoms with Crippen LogP contribution >= 0.6 is 27.3 Å². The molecular weight excluding hydrogens is 322 g/mol. The third-order valence-corrected chi connectivity index (χ3v) is 4.56. The van der Waals surface area contributed by atoms with Crippen molar-refractivity contribution < 1.29 is 4.79 Å². The Morgan fingerprint density at radius 1 is 1.32 bits per heavy atom. The molecule has 0 bridgehead atoms. The summed E-state index contributed by atoms with van der Waals surface area (Å²) in [5, 5.41) is 2.07. The molecule has 0 aliphatic heterocycles. The Morgan fingerprint density at radius 3 is 2.68 bits per heavy atom. The van der Waals surface area contributed by atoms with E-state index in [0.717, 1.165) is 26.0 Å². The largest absolute Gasteiger partial charge is 0.337 e. The smallest absolute Gasteiger partial charge is 0.254 e. The Kier molecular flexibility index (Phi) is 4.42. The zero-order valence-electron chi connectivity index (χ0n) is 11.2. The van der Waals surface area contributed by atoms with E-state index < -0.39 is 0 Å². The van der Waals surface area contributed by atoms with Crippen LogP contribution in [0.15, 0.2) is 33.4 Å². The highest BCUT2D eigenvalue weighted by Gasteiger charge is 2.15. The molecule has 0 radical (unpaired) electrons. The zero-order chi connectivity index (χ0) is 14.0. The Morgan fingerprint density at radius 2 is 2.05 bits per heavy atom. The lowest BCUT2D eigenvalue weighted by Crippen LogP contribution is -2.26. The second kappa shape index (κ2) is 5.88. The summed E-state index contributed by atoms with van der Waals surface area (Å²) < 4.78 is 1.09. The number of aryl methyl sites for hydroxylation is 2. The molecule has 0 unspecified atom stereocenters. The maximum atomic E-state index is 12.4. The average molecular weight is 338 g/mol. The molecule has 0 aliphatic carbocycles. The monoisotopic (exact) mass is 337 g/mol. The quantitative estimate of drug-likeness (QED) is 0.812. The minimum absolute atomic E-state index is 0.0727. The first-order valence-electron chi connectivity index (χ1n) is 6.03. The maximum Gasteiger partial charge on any atom is 0.254 e. The van der Waals surface area contributed by atoms with Crippen molar-refractivity contribution in [1.82, 2.24) is 4.90 Å². The number of rotatable bonds is 3. The molecule has 0 atom stereocenters. The average Bonchev–Trinajstić information content (AvgIpc) is 2.77. The summed E-state index contributed by atoms with van der Waals surface area (Å²) in [6.07, 6.45) is 0. The van der Waals surface area contributed by atoms with E-state index in [0.29, 0.717) is 6.54 Å². The van der Waals surface area contributed by atoms with E-state index in [-0.39, 0.29) is 5.91 Å². The van der Waals surface area contributed by atoms with Crippen molar-refractivity contribution in [1.29, 1.82) is 0 Å². The van der Waals surface area contributed by atoms with Gasteiger partial charge in [-0.05, 0) is 58.4 Å². The molecule has 0 fully saturated rings. The molecule has 0 N–H and O–H groups in total. The summed E-state index contributed by atoms with van der Waals surface area (Å²) in [6.45, 7) is 4.61. The van der Waals surface area contributed by atoms with Crippen LogP contribution in [-0.2, 0) is 6.54 Å². The van der Waals surface area contributed by atoms with Gasteiger partial charge in [-0.1, -0.05) is 17.7 Å². The summed E-state index contributed by atoms with van der Waals surface area (Å²) in [5.74, 6) is 0.0727. The molecule has 0 spiro atoms. The molecule has 19 heavy (non-hydrogen) atoms. The molecular formula is C15H16BrNOS. The second-order valence-corrected chi connectivity index (χ2v) is 7.03. The molecule has 2 rings (SSSR count). The van der Waals surface area contributed by atoms with E-state index in [9.17, 15) is 4.79 Å². The van der Waals surface area contributed by atoms with Crippen LogP contribution in [-0.4, -0.2) is 17.9 Å². The van der Waals surface area contributed by atoms with Crippen LogP contribution in [0.25, 0.3) is 0 Å². The van der Waals surface area contributed by atoms with Crippen molar-refractivity contribution in [2.75, 3.05) is 7.05 Å². The van der Waals surface area contributed by atoms with E-state index in [1.165, 1.54) is 0 Å². The van der Waals surface area contributed by atoms with Gasteiger partial charge in [0.25, 0.3) is 5.91 Å². The van der Waals surface area contributed by atoms with Gasteiger partial charge in [0.15, 0.2) is 0 Å². The van der Waals surface area contributed by atoms with Gasteiger partial charge in [-0.15, -0.1) is 11.3 Å². The Labute approximate surface area is 126 Å². The number of benzene rings is 1. The van der Waals surface area contributed by atoms with Crippen LogP contribution in [0.1, 0.15) is 27.0 Å². The fourth-order valence-electron chi connectivity index (χ4n) is 1.95. The number of hydrogen-bond acceptors (Lipinski definition) is 2. The standard InChI is InChI=1S/C15H16BrNOS/c1-10-4-5-11(2)13(6-10)15(18)17(3)8-12-7-14(16)19-9-12/h4-7,9H,8H2,1-3H3. The molecule has 1 aromatic carbocycles. The van der Waals surface area contributed by atoms with E-state index >= 15 is 0 Å². The number of carbonyl (C=O) groups is 1. The summed E-state index contributed by atoms with van der Waals surface area (Å²) >= 11 is 5.08. The predicted octanol–water partition coefficient (Wildman–Crippen LogP) is 4.40. The zero-order valence-corrected chi connectivity index (χ0v) is 13.6. The molecule has 100 valence electrons. The number of nitrogens with zero attached hydrogens (tertiary/aromatic N) is 1. The summed E-state index contributed by atoms with van der Waals surface area (Å²) in [7, 11) is 1.84. The molecule has 0 aliphatic rings. The summed E-state index contributed by atoms with van der Waals surface area (Å²) in [5.41, 5.74) is 4.07. The maximum absolute atomic E-state index is 12.4. The first kappa shape index (κ1) is 14.3. The van der Waals surface area contributed by atoms with Crippen LogP contribution in [0.2, 0.25) is 0 Å². The van der Waals surface area contributed by atoms with Crippen molar-refractivity contribution >= 4 is 33.2 Å². The summed E-state index contributed by atoms with van der Waals surface area (Å²) in [4.78, 5) is 14.2. The molecule has 0 saturated heterocycles. The number of thiophene rings is 1. The highest BCUT2D eigenvalue weighted by Crippen LogP contribution is 2.22. The Bertz CT molecular complexity index is 606. The van der Waals surface area contributed by atoms with E-state index in [4.69, 9.17) is 0 Å². The van der Waals surface area contributed by atoms with E-state index in [1.54, 1.807) is 16.2 Å². The molecule has 2 aromatic rings. The SMILES string of the molecule is Cc1ccc(C)c(C(=O)N(C)Cc2csc(Br)c2)c1. The molecule has 1 heterocycles. The number of amides is 1. The van der Waals surface area contributed by atoms with E-state index in [1.807, 2.05) is 39.1 Å². The molecule has 1 aromatic heterocycles. The van der Waals surface area contributed by atoms with Crippen molar-refractivity contribution in [3.05, 3.63) is 55.7 Å². The third-order valence-electron chi connectivity index (χ3n) is 3.01. The first-order chi connectivity index (χ1) is 8.97. The fourth-order valence-corrected chi connectivity index (χ4v) is 3.15. The highest BCUT2D eigenvalue weighted by molar-refractivity contribution is 9.11. The minimum atomic E-state index is 0.0727. The second-order valence-electron chi connectivity index (χ2n) is 4.74. The Balaban J connectivity index is 2.16. The van der Waals surface area contributed by atoms with Crippen LogP contribution < -0.4 is 0 Å². The lowest BCUT2D eigenvalue weighted by Gasteiger charge is -2.18. The predicted molar refractivity (Wildman–Crippen MR) is 83.7 cm³/mol. The van der Waals surface area contributed by atoms with Gasteiger partial charge < -0.3 is 4.90 Å². The first-order valence-corrected chi connectivity index (χ1v) is 7.70. The van der Waals surface area contributed by atoms with E-state index in [2.05, 4.69) is 27.4 Å². The fraction of sp³-hybridized carbons (Fsp3) is 0.267. The van der Waals surface area contributed by atoms with Gasteiger partial charge in [-0.3, -0.25) is 4.79 Å². The van der Waals surface area contributed by atoms with Crippen molar-refractivity contribution in [3.63, 3.8) is 0 Å². The normalized spacial score (nSPS) is 10.5. The molecule has 1 amide bonds. The lowest BCUT2D eigenvalue weighted by atomic mass is 10.0. The number of halogens is 1. The van der Waals surface area contributed by atoms with Gasteiger partial charge in [-0.25, -0.2) is 0 Å². The van der Waals surface area contributed by atoms with Gasteiger partial charge in [0, 0.05) is 19.2 Å². The highest BCUT2D eigenvalue weighted by atomic mass is 79.9. The topological polar surface area (TPSA) is 20.3 Å². The van der Waals surface area contributed by atoms with Crippen LogP contribution in [0.4, 0.5) is 0 Å². The van der Waals surface area contributed by atoms with Crippen molar-refractivity contribution in [2.24, 2.45) is 0 Å². The molecule has 2 nitrogen and oxygen atoms in total. The third kappa shape index (κ3) is 3.45. The van der Waals surface area contributed by atoms with Crippen molar-refractivity contribution in [3.8, 4) is 0 Å². The van der Waals surface area contributed by atoms with Gasteiger partial charge in [0.05, 0.1) is 3.79 Å². The molecule has 4 heteroatoms. The molecule has 0 saturated carbocycles. The van der Waals surface area contributed by atoms with Crippen molar-refractivity contribution in [2.45, 2.75) is 20.4 Å². The van der Waals surface area contributed by atoms with Crippen LogP contribution in [0.3, 0.4) is 0 Å². The number of hydrogen-bond donors (Lipinski definition) is 0.